The van der Waals surface area contributed by atoms with Crippen molar-refractivity contribution in [3.8, 4) is 0 Å². The second kappa shape index (κ2) is 3.38. The average Bonchev–Trinajstić information content (AvgIpc) is 1.98. The molecule has 0 aliphatic carbocycles. The predicted octanol–water partition coefficient (Wildman–Crippen LogP) is -0.585. The van der Waals surface area contributed by atoms with E-state index in [0.29, 0.717) is 17.1 Å². The molecule has 1 heterocycles. The van der Waals surface area contributed by atoms with E-state index in [4.69, 9.17) is 5.73 Å². The van der Waals surface area contributed by atoms with Gasteiger partial charge in [0.1, 0.15) is 5.82 Å². The Morgan fingerprint density at radius 1 is 1.54 bits per heavy atom. The second-order valence-electron chi connectivity index (χ2n) is 2.87. The van der Waals surface area contributed by atoms with Gasteiger partial charge >= 0.3 is 0 Å². The molecule has 1 rings (SSSR count). The number of hydrogen-bond donors (Lipinski definition) is 2. The lowest BCUT2D eigenvalue weighted by atomic mass is 10.2. The molecule has 0 spiro atoms. The zero-order valence-corrected chi connectivity index (χ0v) is 7.55. The maximum absolute atomic E-state index is 11.2. The monoisotopic (exact) mass is 181 g/mol. The second-order valence-corrected chi connectivity index (χ2v) is 2.87. The molecular weight excluding hydrogens is 170 g/mol. The zero-order chi connectivity index (χ0) is 10.0. The Hall–Kier alpha value is -1.65. The quantitative estimate of drug-likeness (QED) is 0.639. The number of H-pyrrole nitrogens is 1. The molecule has 1 aromatic heterocycles. The van der Waals surface area contributed by atoms with E-state index in [1.54, 1.807) is 13.8 Å². The minimum atomic E-state index is -0.508. The van der Waals surface area contributed by atoms with Crippen LogP contribution in [0.15, 0.2) is 4.79 Å². The molecular formula is C8H11N3O2. The number of nitrogens with two attached hydrogens (primary N) is 1. The van der Waals surface area contributed by atoms with Gasteiger partial charge in [-0.2, -0.15) is 0 Å². The third-order valence-electron chi connectivity index (χ3n) is 1.79. The van der Waals surface area contributed by atoms with Crippen LogP contribution in [0.2, 0.25) is 0 Å². The number of carbonyl (C=O) groups is 1. The van der Waals surface area contributed by atoms with Crippen molar-refractivity contribution in [2.24, 2.45) is 5.73 Å². The van der Waals surface area contributed by atoms with Crippen molar-refractivity contribution < 1.29 is 4.79 Å². The van der Waals surface area contributed by atoms with Crippen LogP contribution in [0, 0.1) is 13.8 Å². The molecule has 0 atom stereocenters. The summed E-state index contributed by atoms with van der Waals surface area (Å²) in [6.45, 7) is 3.39. The summed E-state index contributed by atoms with van der Waals surface area (Å²) in [6, 6.07) is 0. The summed E-state index contributed by atoms with van der Waals surface area (Å²) >= 11 is 0. The first-order valence-electron chi connectivity index (χ1n) is 3.85. The number of aromatic amines is 1. The van der Waals surface area contributed by atoms with E-state index in [9.17, 15) is 9.59 Å². The molecule has 1 aromatic rings. The van der Waals surface area contributed by atoms with Crippen LogP contribution in [0.3, 0.4) is 0 Å². The lowest BCUT2D eigenvalue weighted by Crippen LogP contribution is -2.21. The number of nitrogens with one attached hydrogen (secondary N) is 1. The minimum Gasteiger partial charge on any atom is -0.369 e. The van der Waals surface area contributed by atoms with Crippen LogP contribution in [0.25, 0.3) is 0 Å². The average molecular weight is 181 g/mol. The van der Waals surface area contributed by atoms with Crippen molar-refractivity contribution in [1.29, 1.82) is 0 Å². The van der Waals surface area contributed by atoms with Gasteiger partial charge in [0.15, 0.2) is 0 Å². The first-order chi connectivity index (χ1) is 6.00. The van der Waals surface area contributed by atoms with Crippen LogP contribution in [0.5, 0.6) is 0 Å². The fourth-order valence-electron chi connectivity index (χ4n) is 0.952. The fraction of sp³-hybridized carbons (Fsp3) is 0.375. The molecule has 0 aliphatic heterocycles. The lowest BCUT2D eigenvalue weighted by Gasteiger charge is -2.01. The number of hydrogen-bond acceptors (Lipinski definition) is 3. The van der Waals surface area contributed by atoms with Crippen LogP contribution in [-0.4, -0.2) is 15.9 Å². The van der Waals surface area contributed by atoms with E-state index in [0.717, 1.165) is 0 Å². The van der Waals surface area contributed by atoms with Crippen LogP contribution in [0.4, 0.5) is 0 Å². The molecule has 1 amide bonds. The molecule has 3 N–H and O–H groups in total. The van der Waals surface area contributed by atoms with Gasteiger partial charge in [0.25, 0.3) is 5.56 Å². The van der Waals surface area contributed by atoms with Gasteiger partial charge in [-0.15, -0.1) is 0 Å². The van der Waals surface area contributed by atoms with Crippen molar-refractivity contribution >= 4 is 5.91 Å². The van der Waals surface area contributed by atoms with Crippen molar-refractivity contribution in [1.82, 2.24) is 9.97 Å². The highest BCUT2D eigenvalue weighted by atomic mass is 16.1. The molecule has 13 heavy (non-hydrogen) atoms. The highest BCUT2D eigenvalue weighted by molar-refractivity contribution is 5.75. The smallest absolute Gasteiger partial charge is 0.254 e. The highest BCUT2D eigenvalue weighted by Crippen LogP contribution is 1.96. The molecule has 0 aliphatic rings. The first-order valence-corrected chi connectivity index (χ1v) is 3.85. The van der Waals surface area contributed by atoms with E-state index >= 15 is 0 Å². The normalized spacial score (nSPS) is 10.0. The standard InChI is InChI=1S/C8H11N3O2/c1-4-5(2)10-7(3-6(9)12)11-8(4)13/h3H2,1-2H3,(H2,9,12)(H,10,11,13). The molecule has 0 aromatic carbocycles. The van der Waals surface area contributed by atoms with Crippen molar-refractivity contribution in [3.05, 3.63) is 27.4 Å². The van der Waals surface area contributed by atoms with Crippen molar-refractivity contribution in [2.75, 3.05) is 0 Å². The van der Waals surface area contributed by atoms with Gasteiger partial charge in [0.2, 0.25) is 5.91 Å². The summed E-state index contributed by atoms with van der Waals surface area (Å²) in [7, 11) is 0. The van der Waals surface area contributed by atoms with Crippen LogP contribution >= 0.6 is 0 Å². The Balaban J connectivity index is 3.13. The van der Waals surface area contributed by atoms with E-state index in [1.165, 1.54) is 0 Å². The van der Waals surface area contributed by atoms with Gasteiger partial charge in [-0.05, 0) is 13.8 Å². The van der Waals surface area contributed by atoms with Gasteiger partial charge in [0, 0.05) is 11.3 Å². The Morgan fingerprint density at radius 2 is 2.15 bits per heavy atom. The SMILES string of the molecule is Cc1nc(CC(N)=O)[nH]c(=O)c1C. The van der Waals surface area contributed by atoms with Gasteiger partial charge in [-0.1, -0.05) is 0 Å². The summed E-state index contributed by atoms with van der Waals surface area (Å²) < 4.78 is 0. The third-order valence-corrected chi connectivity index (χ3v) is 1.79. The van der Waals surface area contributed by atoms with E-state index in [1.807, 2.05) is 0 Å². The number of rotatable bonds is 2. The third kappa shape index (κ3) is 2.14. The fourth-order valence-corrected chi connectivity index (χ4v) is 0.952. The van der Waals surface area contributed by atoms with E-state index in [-0.39, 0.29) is 12.0 Å². The molecule has 0 saturated carbocycles. The number of amides is 1. The number of primary amides is 1. The Morgan fingerprint density at radius 3 is 2.62 bits per heavy atom. The summed E-state index contributed by atoms with van der Waals surface area (Å²) in [5.41, 5.74) is 5.93. The summed E-state index contributed by atoms with van der Waals surface area (Å²) in [5, 5.41) is 0. The predicted molar refractivity (Wildman–Crippen MR) is 47.2 cm³/mol. The Kier molecular flexibility index (Phi) is 2.46. The van der Waals surface area contributed by atoms with Crippen LogP contribution in [-0.2, 0) is 11.2 Å². The maximum atomic E-state index is 11.2. The van der Waals surface area contributed by atoms with Gasteiger partial charge < -0.3 is 10.7 Å². The zero-order valence-electron chi connectivity index (χ0n) is 7.55. The van der Waals surface area contributed by atoms with E-state index in [2.05, 4.69) is 9.97 Å². The highest BCUT2D eigenvalue weighted by Gasteiger charge is 2.05. The lowest BCUT2D eigenvalue weighted by molar-refractivity contribution is -0.117. The van der Waals surface area contributed by atoms with Crippen LogP contribution in [0.1, 0.15) is 17.1 Å². The summed E-state index contributed by atoms with van der Waals surface area (Å²) in [5.74, 6) is -0.188. The molecule has 5 nitrogen and oxygen atoms in total. The maximum Gasteiger partial charge on any atom is 0.254 e. The number of aryl methyl sites for hydroxylation is 1. The van der Waals surface area contributed by atoms with Crippen LogP contribution < -0.4 is 11.3 Å². The van der Waals surface area contributed by atoms with E-state index < -0.39 is 5.91 Å². The molecule has 0 bridgehead atoms. The minimum absolute atomic E-state index is 0.0314. The topological polar surface area (TPSA) is 88.8 Å². The first kappa shape index (κ1) is 9.44. The Labute approximate surface area is 75.0 Å². The van der Waals surface area contributed by atoms with Crippen molar-refractivity contribution in [2.45, 2.75) is 20.3 Å². The number of aromatic nitrogens is 2. The molecule has 0 radical (unpaired) electrons. The molecule has 70 valence electrons. The van der Waals surface area contributed by atoms with Gasteiger partial charge in [-0.25, -0.2) is 4.98 Å². The summed E-state index contributed by atoms with van der Waals surface area (Å²) in [6.07, 6.45) is -0.0314. The largest absolute Gasteiger partial charge is 0.369 e. The van der Waals surface area contributed by atoms with Gasteiger partial charge in [0.05, 0.1) is 6.42 Å². The van der Waals surface area contributed by atoms with Gasteiger partial charge in [-0.3, -0.25) is 9.59 Å². The molecule has 5 heteroatoms. The number of nitrogens with zero attached hydrogens (tertiary/aromatic N) is 1. The molecule has 0 saturated heterocycles. The Bertz CT molecular complexity index is 395. The molecule has 0 fully saturated rings. The number of carbonyl (C=O) groups excluding carboxylic acids is 1. The van der Waals surface area contributed by atoms with Crippen molar-refractivity contribution in [3.63, 3.8) is 0 Å². The summed E-state index contributed by atoms with van der Waals surface area (Å²) in [4.78, 5) is 28.2. The molecule has 0 unspecified atom stereocenters.